The van der Waals surface area contributed by atoms with Crippen LogP contribution >= 0.6 is 0 Å². The van der Waals surface area contributed by atoms with Crippen LogP contribution in [0, 0.1) is 5.92 Å². The number of hydrogen-bond donors (Lipinski definition) is 0. The number of aryl methyl sites for hydroxylation is 2. The predicted molar refractivity (Wildman–Crippen MR) is 90.9 cm³/mol. The highest BCUT2D eigenvalue weighted by molar-refractivity contribution is 5.77. The summed E-state index contributed by atoms with van der Waals surface area (Å²) >= 11 is 0. The van der Waals surface area contributed by atoms with Crippen molar-refractivity contribution in [3.05, 3.63) is 35.4 Å². The van der Waals surface area contributed by atoms with Crippen molar-refractivity contribution in [1.82, 2.24) is 15.0 Å². The van der Waals surface area contributed by atoms with E-state index in [1.807, 2.05) is 17.9 Å². The highest BCUT2D eigenvalue weighted by Gasteiger charge is 2.37. The van der Waals surface area contributed by atoms with Crippen LogP contribution in [-0.4, -0.2) is 27.5 Å². The second-order valence-corrected chi connectivity index (χ2v) is 7.27. The first-order chi connectivity index (χ1) is 12.2. The van der Waals surface area contributed by atoms with Crippen molar-refractivity contribution in [2.75, 3.05) is 6.54 Å². The first-order valence-corrected chi connectivity index (χ1v) is 9.36. The molecule has 2 aliphatic rings. The maximum atomic E-state index is 12.7. The zero-order chi connectivity index (χ0) is 17.4. The summed E-state index contributed by atoms with van der Waals surface area (Å²) < 4.78 is 11.1. The zero-order valence-corrected chi connectivity index (χ0v) is 14.9. The summed E-state index contributed by atoms with van der Waals surface area (Å²) in [7, 11) is 0. The summed E-state index contributed by atoms with van der Waals surface area (Å²) in [6.07, 6.45) is 4.92. The maximum Gasteiger partial charge on any atom is 0.226 e. The Bertz CT molecular complexity index is 751. The van der Waals surface area contributed by atoms with E-state index in [-0.39, 0.29) is 11.9 Å². The molecule has 1 saturated heterocycles. The Morgan fingerprint density at radius 3 is 2.96 bits per heavy atom. The molecule has 3 heterocycles. The Kier molecular flexibility index (Phi) is 4.36. The molecule has 0 aromatic carbocycles. The van der Waals surface area contributed by atoms with Gasteiger partial charge in [-0.2, -0.15) is 4.98 Å². The van der Waals surface area contributed by atoms with Gasteiger partial charge in [-0.25, -0.2) is 0 Å². The normalized spacial score (nSPS) is 25.5. The van der Waals surface area contributed by atoms with Gasteiger partial charge in [0.2, 0.25) is 11.8 Å². The first-order valence-electron chi connectivity index (χ1n) is 9.36. The summed E-state index contributed by atoms with van der Waals surface area (Å²) in [4.78, 5) is 19.0. The molecular weight excluding hydrogens is 318 g/mol. The van der Waals surface area contributed by atoms with Crippen LogP contribution in [-0.2, 0) is 17.6 Å². The van der Waals surface area contributed by atoms with Gasteiger partial charge in [0.25, 0.3) is 0 Å². The third kappa shape index (κ3) is 3.34. The molecule has 1 amide bonds. The minimum Gasteiger partial charge on any atom is -0.466 e. The highest BCUT2D eigenvalue weighted by Crippen LogP contribution is 2.47. The van der Waals surface area contributed by atoms with Crippen LogP contribution in [0.5, 0.6) is 0 Å². The van der Waals surface area contributed by atoms with Crippen molar-refractivity contribution >= 4 is 5.91 Å². The molecule has 134 valence electrons. The van der Waals surface area contributed by atoms with Gasteiger partial charge in [0.1, 0.15) is 11.5 Å². The molecule has 3 atom stereocenters. The number of carbonyl (C=O) groups is 1. The second-order valence-electron chi connectivity index (χ2n) is 7.27. The van der Waals surface area contributed by atoms with Crippen LogP contribution in [0.1, 0.15) is 74.7 Å². The smallest absolute Gasteiger partial charge is 0.226 e. The summed E-state index contributed by atoms with van der Waals surface area (Å²) in [5.74, 6) is 4.71. The zero-order valence-electron chi connectivity index (χ0n) is 14.9. The van der Waals surface area contributed by atoms with Gasteiger partial charge in [0.15, 0.2) is 5.82 Å². The van der Waals surface area contributed by atoms with Gasteiger partial charge in [0, 0.05) is 31.7 Å². The van der Waals surface area contributed by atoms with Gasteiger partial charge in [-0.15, -0.1) is 0 Å². The Morgan fingerprint density at radius 1 is 1.40 bits per heavy atom. The molecule has 2 aromatic heterocycles. The standard InChI is InChI=1S/C19H25N3O3/c1-3-17-20-19(21-25-17)15-5-4-10-22(15)18(23)9-7-13-6-8-16(24-13)14-11-12(14)2/h6,8,12,14-15H,3-5,7,9-11H2,1-2H3/t12-,14-,15-/m0/s1. The van der Waals surface area contributed by atoms with Crippen LogP contribution in [0.3, 0.4) is 0 Å². The molecule has 4 rings (SSSR count). The summed E-state index contributed by atoms with van der Waals surface area (Å²) in [6.45, 7) is 4.99. The van der Waals surface area contributed by atoms with Crippen LogP contribution in [0.25, 0.3) is 0 Å². The number of hydrogen-bond acceptors (Lipinski definition) is 5. The SMILES string of the molecule is CCc1nc([C@@H]2CCCN2C(=O)CCc2ccc([C@H]3C[C@@H]3C)o2)no1. The highest BCUT2D eigenvalue weighted by atomic mass is 16.5. The lowest BCUT2D eigenvalue weighted by atomic mass is 10.2. The Hall–Kier alpha value is -2.11. The van der Waals surface area contributed by atoms with E-state index < -0.39 is 0 Å². The largest absolute Gasteiger partial charge is 0.466 e. The maximum absolute atomic E-state index is 12.7. The van der Waals surface area contributed by atoms with Gasteiger partial charge >= 0.3 is 0 Å². The number of rotatable bonds is 6. The number of carbonyl (C=O) groups excluding carboxylic acids is 1. The van der Waals surface area contributed by atoms with E-state index in [9.17, 15) is 4.79 Å². The minimum absolute atomic E-state index is 0.0453. The van der Waals surface area contributed by atoms with Gasteiger partial charge in [-0.3, -0.25) is 4.79 Å². The Balaban J connectivity index is 1.36. The van der Waals surface area contributed by atoms with Crippen LogP contribution < -0.4 is 0 Å². The molecule has 0 unspecified atom stereocenters. The molecule has 2 fully saturated rings. The lowest BCUT2D eigenvalue weighted by Gasteiger charge is -2.22. The molecule has 0 radical (unpaired) electrons. The molecule has 6 nitrogen and oxygen atoms in total. The monoisotopic (exact) mass is 343 g/mol. The Morgan fingerprint density at radius 2 is 2.24 bits per heavy atom. The lowest BCUT2D eigenvalue weighted by Crippen LogP contribution is -2.31. The van der Waals surface area contributed by atoms with E-state index in [1.54, 1.807) is 0 Å². The number of nitrogens with zero attached hydrogens (tertiary/aromatic N) is 3. The fourth-order valence-corrected chi connectivity index (χ4v) is 3.70. The minimum atomic E-state index is -0.0453. The van der Waals surface area contributed by atoms with E-state index in [1.165, 1.54) is 6.42 Å². The number of likely N-dealkylation sites (tertiary alicyclic amines) is 1. The van der Waals surface area contributed by atoms with Crippen molar-refractivity contribution in [2.45, 2.75) is 64.3 Å². The average molecular weight is 343 g/mol. The lowest BCUT2D eigenvalue weighted by molar-refractivity contribution is -0.132. The molecule has 0 bridgehead atoms. The van der Waals surface area contributed by atoms with Crippen molar-refractivity contribution in [1.29, 1.82) is 0 Å². The van der Waals surface area contributed by atoms with Crippen LogP contribution in [0.4, 0.5) is 0 Å². The average Bonchev–Trinajstić information content (AvgIpc) is 3.11. The third-order valence-electron chi connectivity index (χ3n) is 5.40. The molecule has 6 heteroatoms. The van der Waals surface area contributed by atoms with Crippen LogP contribution in [0.15, 0.2) is 21.1 Å². The van der Waals surface area contributed by atoms with E-state index in [0.717, 1.165) is 36.8 Å². The number of furan rings is 1. The molecule has 2 aromatic rings. The molecule has 0 N–H and O–H groups in total. The molecule has 1 aliphatic carbocycles. The van der Waals surface area contributed by atoms with Crippen molar-refractivity contribution in [2.24, 2.45) is 5.92 Å². The summed E-state index contributed by atoms with van der Waals surface area (Å²) in [6, 6.07) is 4.04. The summed E-state index contributed by atoms with van der Waals surface area (Å²) in [5, 5.41) is 4.06. The fraction of sp³-hybridized carbons (Fsp3) is 0.632. The predicted octanol–water partition coefficient (Wildman–Crippen LogP) is 3.64. The third-order valence-corrected chi connectivity index (χ3v) is 5.40. The topological polar surface area (TPSA) is 72.4 Å². The van der Waals surface area contributed by atoms with Crippen molar-refractivity contribution < 1.29 is 13.7 Å². The van der Waals surface area contributed by atoms with Gasteiger partial charge in [0.05, 0.1) is 6.04 Å². The van der Waals surface area contributed by atoms with E-state index >= 15 is 0 Å². The molecule has 1 saturated carbocycles. The molecule has 1 aliphatic heterocycles. The van der Waals surface area contributed by atoms with Gasteiger partial charge < -0.3 is 13.8 Å². The van der Waals surface area contributed by atoms with E-state index in [0.29, 0.717) is 36.9 Å². The number of aromatic nitrogens is 2. The van der Waals surface area contributed by atoms with Crippen molar-refractivity contribution in [3.63, 3.8) is 0 Å². The quantitative estimate of drug-likeness (QED) is 0.800. The number of amides is 1. The van der Waals surface area contributed by atoms with E-state index in [4.69, 9.17) is 8.94 Å². The van der Waals surface area contributed by atoms with Gasteiger partial charge in [-0.1, -0.05) is 19.0 Å². The van der Waals surface area contributed by atoms with Crippen LogP contribution in [0.2, 0.25) is 0 Å². The first kappa shape index (κ1) is 16.4. The molecular formula is C19H25N3O3. The Labute approximate surface area is 147 Å². The molecule has 0 spiro atoms. The van der Waals surface area contributed by atoms with Gasteiger partial charge in [-0.05, 0) is 37.3 Å². The fourth-order valence-electron chi connectivity index (χ4n) is 3.70. The van der Waals surface area contributed by atoms with Crippen molar-refractivity contribution in [3.8, 4) is 0 Å². The second kappa shape index (κ2) is 6.65. The summed E-state index contributed by atoms with van der Waals surface area (Å²) in [5.41, 5.74) is 0. The van der Waals surface area contributed by atoms with E-state index in [2.05, 4.69) is 23.1 Å². The molecule has 25 heavy (non-hydrogen) atoms.